The van der Waals surface area contributed by atoms with Crippen molar-refractivity contribution in [2.75, 3.05) is 7.05 Å². The summed E-state index contributed by atoms with van der Waals surface area (Å²) in [4.78, 5) is 0.939. The fourth-order valence-corrected chi connectivity index (χ4v) is 5.45. The number of halogens is 1. The van der Waals surface area contributed by atoms with Crippen LogP contribution in [0.5, 0.6) is 0 Å². The molecule has 2 rings (SSSR count). The Hall–Kier alpha value is -0.190. The van der Waals surface area contributed by atoms with Crippen LogP contribution in [0.2, 0.25) is 0 Å². The molecule has 4 unspecified atom stereocenters. The number of nitrogens with one attached hydrogen (secondary N) is 1. The predicted octanol–water partition coefficient (Wildman–Crippen LogP) is 3.97. The molecular weight excluding hydrogens is 334 g/mol. The van der Waals surface area contributed by atoms with Gasteiger partial charge in [-0.2, -0.15) is 0 Å². The summed E-state index contributed by atoms with van der Waals surface area (Å²) in [5, 5.41) is 3.59. The SMILES string of the molecule is CNC1CCC(C(C)C)CC1S(=O)c1cccc(Br)c1. The van der Waals surface area contributed by atoms with Crippen LogP contribution in [0.25, 0.3) is 0 Å². The van der Waals surface area contributed by atoms with Crippen molar-refractivity contribution >= 4 is 26.7 Å². The summed E-state index contributed by atoms with van der Waals surface area (Å²) >= 11 is 3.47. The summed E-state index contributed by atoms with van der Waals surface area (Å²) < 4.78 is 13.9. The molecule has 1 fully saturated rings. The molecule has 1 aromatic carbocycles. The largest absolute Gasteiger partial charge is 0.316 e. The molecule has 0 aliphatic heterocycles. The Labute approximate surface area is 133 Å². The molecule has 1 aliphatic rings. The highest BCUT2D eigenvalue weighted by atomic mass is 79.9. The van der Waals surface area contributed by atoms with E-state index in [1.807, 2.05) is 31.3 Å². The van der Waals surface area contributed by atoms with Gasteiger partial charge in [-0.25, -0.2) is 0 Å². The van der Waals surface area contributed by atoms with Crippen molar-refractivity contribution in [2.45, 2.75) is 49.3 Å². The Morgan fingerprint density at radius 1 is 1.35 bits per heavy atom. The molecule has 0 aromatic heterocycles. The minimum Gasteiger partial charge on any atom is -0.316 e. The summed E-state index contributed by atoms with van der Waals surface area (Å²) in [5.74, 6) is 1.37. The van der Waals surface area contributed by atoms with Gasteiger partial charge in [-0.05, 0) is 56.3 Å². The standard InChI is InChI=1S/C16H24BrNOS/c1-11(2)12-7-8-15(18-3)16(9-12)20(19)14-6-4-5-13(17)10-14/h4-6,10-12,15-16,18H,7-9H2,1-3H3. The normalized spacial score (nSPS) is 28.6. The first kappa shape index (κ1) is 16.2. The highest BCUT2D eigenvalue weighted by Gasteiger charge is 2.35. The van der Waals surface area contributed by atoms with Gasteiger partial charge in [-0.15, -0.1) is 0 Å². The lowest BCUT2D eigenvalue weighted by atomic mass is 9.79. The van der Waals surface area contributed by atoms with E-state index >= 15 is 0 Å². The third-order valence-electron chi connectivity index (χ3n) is 4.45. The Morgan fingerprint density at radius 3 is 2.70 bits per heavy atom. The van der Waals surface area contributed by atoms with Crippen molar-refractivity contribution in [1.29, 1.82) is 0 Å². The van der Waals surface area contributed by atoms with E-state index in [2.05, 4.69) is 35.1 Å². The van der Waals surface area contributed by atoms with Crippen LogP contribution >= 0.6 is 15.9 Å². The first-order valence-electron chi connectivity index (χ1n) is 7.36. The molecule has 0 heterocycles. The van der Waals surface area contributed by atoms with E-state index in [9.17, 15) is 4.21 Å². The maximum absolute atomic E-state index is 12.9. The lowest BCUT2D eigenvalue weighted by Crippen LogP contribution is -2.45. The van der Waals surface area contributed by atoms with Gasteiger partial charge in [-0.1, -0.05) is 35.8 Å². The first-order valence-corrected chi connectivity index (χ1v) is 9.37. The van der Waals surface area contributed by atoms with Gasteiger partial charge in [0, 0.05) is 15.4 Å². The van der Waals surface area contributed by atoms with E-state index in [1.54, 1.807) is 0 Å². The van der Waals surface area contributed by atoms with E-state index < -0.39 is 10.8 Å². The van der Waals surface area contributed by atoms with Crippen molar-refractivity contribution in [1.82, 2.24) is 5.32 Å². The maximum atomic E-state index is 12.9. The Kier molecular flexibility index (Phi) is 5.82. The summed E-state index contributed by atoms with van der Waals surface area (Å²) in [7, 11) is 1.05. The van der Waals surface area contributed by atoms with Crippen molar-refractivity contribution in [3.05, 3.63) is 28.7 Å². The topological polar surface area (TPSA) is 29.1 Å². The molecule has 0 amide bonds. The second kappa shape index (κ2) is 7.19. The fourth-order valence-electron chi connectivity index (χ4n) is 3.10. The molecule has 0 radical (unpaired) electrons. The second-order valence-corrected chi connectivity index (χ2v) is 8.59. The molecule has 20 heavy (non-hydrogen) atoms. The molecule has 0 spiro atoms. The third-order valence-corrected chi connectivity index (χ3v) is 6.73. The molecule has 4 heteroatoms. The Bertz CT molecular complexity index is 477. The second-order valence-electron chi connectivity index (χ2n) is 6.01. The zero-order valence-corrected chi connectivity index (χ0v) is 14.8. The van der Waals surface area contributed by atoms with E-state index in [-0.39, 0.29) is 5.25 Å². The van der Waals surface area contributed by atoms with Gasteiger partial charge in [0.2, 0.25) is 0 Å². The van der Waals surface area contributed by atoms with Crippen LogP contribution in [0.1, 0.15) is 33.1 Å². The van der Waals surface area contributed by atoms with Crippen LogP contribution in [0.3, 0.4) is 0 Å². The van der Waals surface area contributed by atoms with Gasteiger partial charge in [0.05, 0.1) is 16.0 Å². The zero-order valence-electron chi connectivity index (χ0n) is 12.4. The predicted molar refractivity (Wildman–Crippen MR) is 89.4 cm³/mol. The van der Waals surface area contributed by atoms with E-state index in [0.29, 0.717) is 17.9 Å². The first-order chi connectivity index (χ1) is 9.52. The van der Waals surface area contributed by atoms with Crippen molar-refractivity contribution in [3.63, 3.8) is 0 Å². The Balaban J connectivity index is 2.20. The number of benzene rings is 1. The average molecular weight is 358 g/mol. The van der Waals surface area contributed by atoms with Crippen LogP contribution in [-0.4, -0.2) is 22.5 Å². The fraction of sp³-hybridized carbons (Fsp3) is 0.625. The minimum atomic E-state index is -0.940. The van der Waals surface area contributed by atoms with E-state index in [4.69, 9.17) is 0 Å². The summed E-state index contributed by atoms with van der Waals surface area (Å²) in [6.45, 7) is 4.56. The summed E-state index contributed by atoms with van der Waals surface area (Å²) in [5.41, 5.74) is 0. The quantitative estimate of drug-likeness (QED) is 0.883. The van der Waals surface area contributed by atoms with Crippen molar-refractivity contribution < 1.29 is 4.21 Å². The molecule has 1 aliphatic carbocycles. The molecule has 0 bridgehead atoms. The van der Waals surface area contributed by atoms with Crippen molar-refractivity contribution in [2.24, 2.45) is 11.8 Å². The molecular formula is C16H24BrNOS. The van der Waals surface area contributed by atoms with E-state index in [0.717, 1.165) is 22.2 Å². The smallest absolute Gasteiger partial charge is 0.0577 e. The van der Waals surface area contributed by atoms with Gasteiger partial charge in [-0.3, -0.25) is 4.21 Å². The number of hydrogen-bond donors (Lipinski definition) is 1. The average Bonchev–Trinajstić information content (AvgIpc) is 2.45. The number of rotatable bonds is 4. The lowest BCUT2D eigenvalue weighted by molar-refractivity contribution is 0.249. The summed E-state index contributed by atoms with van der Waals surface area (Å²) in [6.07, 6.45) is 3.43. The summed E-state index contributed by atoms with van der Waals surface area (Å²) in [6, 6.07) is 8.28. The van der Waals surface area contributed by atoms with Crippen LogP contribution in [0.4, 0.5) is 0 Å². The maximum Gasteiger partial charge on any atom is 0.0577 e. The third kappa shape index (κ3) is 3.71. The van der Waals surface area contributed by atoms with Gasteiger partial charge in [0.25, 0.3) is 0 Å². The lowest BCUT2D eigenvalue weighted by Gasteiger charge is -2.37. The molecule has 2 nitrogen and oxygen atoms in total. The monoisotopic (exact) mass is 357 g/mol. The molecule has 112 valence electrons. The molecule has 1 saturated carbocycles. The highest BCUT2D eigenvalue weighted by Crippen LogP contribution is 2.34. The van der Waals surface area contributed by atoms with Crippen LogP contribution < -0.4 is 5.32 Å². The molecule has 4 atom stereocenters. The molecule has 1 N–H and O–H groups in total. The van der Waals surface area contributed by atoms with Gasteiger partial charge < -0.3 is 5.32 Å². The van der Waals surface area contributed by atoms with Crippen LogP contribution in [-0.2, 0) is 10.8 Å². The van der Waals surface area contributed by atoms with Crippen LogP contribution in [0.15, 0.2) is 33.6 Å². The van der Waals surface area contributed by atoms with Crippen molar-refractivity contribution in [3.8, 4) is 0 Å². The highest BCUT2D eigenvalue weighted by molar-refractivity contribution is 9.10. The van der Waals surface area contributed by atoms with Gasteiger partial charge in [0.1, 0.15) is 0 Å². The van der Waals surface area contributed by atoms with Crippen LogP contribution in [0, 0.1) is 11.8 Å². The minimum absolute atomic E-state index is 0.218. The number of hydrogen-bond acceptors (Lipinski definition) is 2. The Morgan fingerprint density at radius 2 is 2.10 bits per heavy atom. The van der Waals surface area contributed by atoms with Gasteiger partial charge >= 0.3 is 0 Å². The zero-order chi connectivity index (χ0) is 14.7. The van der Waals surface area contributed by atoms with E-state index in [1.165, 1.54) is 6.42 Å². The molecule has 0 saturated heterocycles. The molecule has 1 aromatic rings. The van der Waals surface area contributed by atoms with Gasteiger partial charge in [0.15, 0.2) is 0 Å².